The molecule has 1 rings (SSSR count). The van der Waals surface area contributed by atoms with Gasteiger partial charge in [0.25, 0.3) is 0 Å². The summed E-state index contributed by atoms with van der Waals surface area (Å²) >= 11 is 0. The largest absolute Gasteiger partial charge is 0.440 e. The molecule has 0 aromatic heterocycles. The Labute approximate surface area is 84.2 Å². The van der Waals surface area contributed by atoms with Crippen molar-refractivity contribution in [1.82, 2.24) is 0 Å². The lowest BCUT2D eigenvalue weighted by Gasteiger charge is -2.34. The molecular formula is C3F6O5S2. The Morgan fingerprint density at radius 1 is 0.688 bits per heavy atom. The molecule has 0 N–H and O–H groups in total. The second-order valence-corrected chi connectivity index (χ2v) is 5.97. The molecule has 0 radical (unpaired) electrons. The lowest BCUT2D eigenvalue weighted by Crippen LogP contribution is -2.65. The third kappa shape index (κ3) is 1.21. The number of hydrogen-bond donors (Lipinski definition) is 0. The van der Waals surface area contributed by atoms with E-state index in [9.17, 15) is 43.2 Å². The first-order valence-corrected chi connectivity index (χ1v) is 5.86. The molecule has 13 heteroatoms. The molecule has 1 saturated heterocycles. The predicted octanol–water partition coefficient (Wildman–Crippen LogP) is 0.497. The van der Waals surface area contributed by atoms with E-state index in [1.807, 2.05) is 0 Å². The van der Waals surface area contributed by atoms with Crippen molar-refractivity contribution in [1.29, 1.82) is 0 Å². The fourth-order valence-electron chi connectivity index (χ4n) is 0.687. The number of hydrogen-bond acceptors (Lipinski definition) is 5. The highest BCUT2D eigenvalue weighted by Gasteiger charge is 2.87. The quantitative estimate of drug-likeness (QED) is 0.608. The van der Waals surface area contributed by atoms with E-state index in [1.54, 1.807) is 0 Å². The van der Waals surface area contributed by atoms with Crippen molar-refractivity contribution in [2.45, 2.75) is 16.4 Å². The van der Waals surface area contributed by atoms with Gasteiger partial charge in [0, 0.05) is 0 Å². The summed E-state index contributed by atoms with van der Waals surface area (Å²) < 4.78 is 118. The van der Waals surface area contributed by atoms with Crippen LogP contribution in [0, 0.1) is 0 Å². The second-order valence-electron chi connectivity index (χ2n) is 2.58. The molecule has 1 aliphatic heterocycles. The first kappa shape index (κ1) is 13.5. The van der Waals surface area contributed by atoms with Gasteiger partial charge in [-0.15, -0.1) is 3.63 Å². The van der Waals surface area contributed by atoms with E-state index in [1.165, 1.54) is 0 Å². The molecule has 0 saturated carbocycles. The van der Waals surface area contributed by atoms with Crippen molar-refractivity contribution in [3.63, 3.8) is 0 Å². The van der Waals surface area contributed by atoms with Gasteiger partial charge >= 0.3 is 36.7 Å². The fraction of sp³-hybridized carbons (Fsp3) is 1.00. The minimum absolute atomic E-state index is 2.39. The molecule has 0 atom stereocenters. The van der Waals surface area contributed by atoms with Crippen LogP contribution >= 0.6 is 0 Å². The SMILES string of the molecule is O=S1(=O)OS(=O)(=O)C(F)(F)C(F)(F)C1(F)F. The Kier molecular flexibility index (Phi) is 2.38. The van der Waals surface area contributed by atoms with E-state index in [2.05, 4.69) is 3.63 Å². The molecule has 0 unspecified atom stereocenters. The maximum atomic E-state index is 12.4. The minimum atomic E-state index is -6.70. The van der Waals surface area contributed by atoms with Crippen molar-refractivity contribution < 1.29 is 46.8 Å². The van der Waals surface area contributed by atoms with Crippen LogP contribution in [0.1, 0.15) is 0 Å². The third-order valence-electron chi connectivity index (χ3n) is 1.54. The molecule has 1 fully saturated rings. The molecule has 1 heterocycles. The summed E-state index contributed by atoms with van der Waals surface area (Å²) in [6.45, 7) is 0. The summed E-state index contributed by atoms with van der Waals surface area (Å²) in [7, 11) is -13.4. The van der Waals surface area contributed by atoms with Crippen molar-refractivity contribution >= 4 is 20.2 Å². The van der Waals surface area contributed by atoms with Crippen molar-refractivity contribution in [3.05, 3.63) is 0 Å². The van der Waals surface area contributed by atoms with Crippen molar-refractivity contribution in [2.24, 2.45) is 0 Å². The third-order valence-corrected chi connectivity index (χ3v) is 4.74. The van der Waals surface area contributed by atoms with Crippen LogP contribution in [0.3, 0.4) is 0 Å². The van der Waals surface area contributed by atoms with Crippen LogP contribution < -0.4 is 0 Å². The zero-order chi connectivity index (χ0) is 13.2. The lowest BCUT2D eigenvalue weighted by atomic mass is 10.3. The molecule has 96 valence electrons. The Morgan fingerprint density at radius 2 is 0.938 bits per heavy atom. The highest BCUT2D eigenvalue weighted by molar-refractivity contribution is 8.01. The van der Waals surface area contributed by atoms with Crippen LogP contribution in [0.25, 0.3) is 0 Å². The lowest BCUT2D eigenvalue weighted by molar-refractivity contribution is -0.252. The minimum Gasteiger partial charge on any atom is -0.192 e. The van der Waals surface area contributed by atoms with Crippen LogP contribution in [0.2, 0.25) is 0 Å². The van der Waals surface area contributed by atoms with Crippen LogP contribution in [0.15, 0.2) is 0 Å². The van der Waals surface area contributed by atoms with Crippen LogP contribution in [0.4, 0.5) is 26.3 Å². The van der Waals surface area contributed by atoms with Gasteiger partial charge in [-0.3, -0.25) is 0 Å². The Hall–Kier alpha value is -0.560. The topological polar surface area (TPSA) is 77.5 Å². The fourth-order valence-corrected chi connectivity index (χ4v) is 3.26. The van der Waals surface area contributed by atoms with Gasteiger partial charge in [-0.2, -0.15) is 43.2 Å². The summed E-state index contributed by atoms with van der Waals surface area (Å²) in [6, 6.07) is 0. The molecule has 0 aromatic rings. The van der Waals surface area contributed by atoms with E-state index in [0.29, 0.717) is 0 Å². The van der Waals surface area contributed by atoms with Gasteiger partial charge in [0.15, 0.2) is 0 Å². The van der Waals surface area contributed by atoms with Crippen LogP contribution in [-0.2, 0) is 23.9 Å². The highest BCUT2D eigenvalue weighted by Crippen LogP contribution is 2.55. The molecule has 0 aliphatic carbocycles. The summed E-state index contributed by atoms with van der Waals surface area (Å²) in [5, 5.41) is -12.7. The van der Waals surface area contributed by atoms with Gasteiger partial charge < -0.3 is 0 Å². The molecule has 0 amide bonds. The van der Waals surface area contributed by atoms with Crippen molar-refractivity contribution in [2.75, 3.05) is 0 Å². The van der Waals surface area contributed by atoms with E-state index in [0.717, 1.165) is 0 Å². The zero-order valence-corrected chi connectivity index (χ0v) is 8.26. The van der Waals surface area contributed by atoms with E-state index < -0.39 is 36.7 Å². The Morgan fingerprint density at radius 3 is 1.19 bits per heavy atom. The first-order chi connectivity index (χ1) is 6.71. The van der Waals surface area contributed by atoms with Gasteiger partial charge in [-0.1, -0.05) is 0 Å². The Bertz CT molecular complexity index is 470. The first-order valence-electron chi connectivity index (χ1n) is 3.04. The average Bonchev–Trinajstić information content (AvgIpc) is 1.98. The summed E-state index contributed by atoms with van der Waals surface area (Å²) in [5.41, 5.74) is 0. The molecule has 0 aromatic carbocycles. The van der Waals surface area contributed by atoms with Gasteiger partial charge in [-0.25, -0.2) is 0 Å². The van der Waals surface area contributed by atoms with Gasteiger partial charge in [0.1, 0.15) is 0 Å². The van der Waals surface area contributed by atoms with Gasteiger partial charge in [0.05, 0.1) is 0 Å². The normalized spacial score (nSPS) is 33.1. The average molecular weight is 294 g/mol. The van der Waals surface area contributed by atoms with Crippen molar-refractivity contribution in [3.8, 4) is 0 Å². The molecule has 5 nitrogen and oxygen atoms in total. The maximum absolute atomic E-state index is 12.4. The summed E-state index contributed by atoms with van der Waals surface area (Å²) in [6.07, 6.45) is 0. The molecular weight excluding hydrogens is 294 g/mol. The van der Waals surface area contributed by atoms with E-state index >= 15 is 0 Å². The van der Waals surface area contributed by atoms with Crippen LogP contribution in [-0.4, -0.2) is 33.3 Å². The second kappa shape index (κ2) is 2.81. The smallest absolute Gasteiger partial charge is 0.192 e. The number of rotatable bonds is 0. The van der Waals surface area contributed by atoms with E-state index in [-0.39, 0.29) is 0 Å². The maximum Gasteiger partial charge on any atom is 0.440 e. The Balaban J connectivity index is 3.70. The van der Waals surface area contributed by atoms with E-state index in [4.69, 9.17) is 0 Å². The summed E-state index contributed by atoms with van der Waals surface area (Å²) in [4.78, 5) is 0. The predicted molar refractivity (Wildman–Crippen MR) is 33.8 cm³/mol. The standard InChI is InChI=1S/C3F6O5S2/c4-1(5)2(6,7)15(10,11)14-16(12,13)3(1,8)9. The number of alkyl halides is 6. The molecule has 1 aliphatic rings. The highest BCUT2D eigenvalue weighted by atomic mass is 32.3. The molecule has 16 heavy (non-hydrogen) atoms. The molecule has 0 bridgehead atoms. The number of halogens is 6. The summed E-state index contributed by atoms with van der Waals surface area (Å²) in [5.74, 6) is -6.63. The van der Waals surface area contributed by atoms with Crippen LogP contribution in [0.5, 0.6) is 0 Å². The monoisotopic (exact) mass is 294 g/mol. The van der Waals surface area contributed by atoms with Gasteiger partial charge in [-0.05, 0) is 0 Å². The molecule has 0 spiro atoms. The zero-order valence-electron chi connectivity index (χ0n) is 6.63. The van der Waals surface area contributed by atoms with Gasteiger partial charge in [0.2, 0.25) is 0 Å².